The largest absolute Gasteiger partial charge is 0.280 e. The molecule has 0 fully saturated rings. The van der Waals surface area contributed by atoms with E-state index in [1.165, 1.54) is 36.7 Å². The highest BCUT2D eigenvalue weighted by Gasteiger charge is 2.36. The van der Waals surface area contributed by atoms with Gasteiger partial charge in [-0.15, -0.1) is 0 Å². The summed E-state index contributed by atoms with van der Waals surface area (Å²) in [5.41, 5.74) is 2.42. The van der Waals surface area contributed by atoms with Crippen molar-refractivity contribution >= 4 is 21.8 Å². The Morgan fingerprint density at radius 1 is 1.03 bits per heavy atom. The molecule has 0 bridgehead atoms. The van der Waals surface area contributed by atoms with E-state index in [-0.39, 0.29) is 17.1 Å². The van der Waals surface area contributed by atoms with Crippen LogP contribution in [0.5, 0.6) is 0 Å². The Bertz CT molecular complexity index is 1070. The maximum absolute atomic E-state index is 12.5. The number of carbonyl (C=O) groups excluding carboxylic acids is 2. The van der Waals surface area contributed by atoms with Crippen molar-refractivity contribution in [2.24, 2.45) is 0 Å². The van der Waals surface area contributed by atoms with Crippen LogP contribution in [0.3, 0.4) is 0 Å². The maximum Gasteiger partial charge on any atom is 0.280 e. The van der Waals surface area contributed by atoms with Crippen LogP contribution < -0.4 is 4.72 Å². The first-order chi connectivity index (χ1) is 14.5. The molecule has 2 heterocycles. The highest BCUT2D eigenvalue weighted by atomic mass is 32.2. The number of pyridine rings is 1. The Morgan fingerprint density at radius 3 is 2.53 bits per heavy atom. The van der Waals surface area contributed by atoms with Crippen LogP contribution in [0.4, 0.5) is 0 Å². The molecule has 1 N–H and O–H groups in total. The molecule has 0 unspecified atom stereocenters. The van der Waals surface area contributed by atoms with Crippen LogP contribution in [0.1, 0.15) is 58.5 Å². The molecule has 2 amide bonds. The third-order valence-corrected chi connectivity index (χ3v) is 6.91. The van der Waals surface area contributed by atoms with Crippen LogP contribution in [0.25, 0.3) is 0 Å². The monoisotopic (exact) mass is 425 g/mol. The van der Waals surface area contributed by atoms with Crippen molar-refractivity contribution in [1.29, 1.82) is 0 Å². The zero-order valence-electron chi connectivity index (χ0n) is 16.5. The number of hydrogen-bond acceptors (Lipinski definition) is 5. The van der Waals surface area contributed by atoms with E-state index in [0.717, 1.165) is 24.2 Å². The van der Waals surface area contributed by atoms with Gasteiger partial charge in [0.1, 0.15) is 5.69 Å². The van der Waals surface area contributed by atoms with Gasteiger partial charge in [-0.2, -0.15) is 0 Å². The quantitative estimate of drug-likeness (QED) is 0.543. The Kier molecular flexibility index (Phi) is 5.78. The van der Waals surface area contributed by atoms with E-state index >= 15 is 0 Å². The molecule has 1 aliphatic heterocycles. The molecule has 1 aromatic heterocycles. The standard InChI is InChI=1S/C22H23N3O4S/c26-21-19-7-4-13-23-20(19)22(27)25(21)15-17-8-10-18(11-9-17)30(28,29)24-14-12-16-5-2-1-3-6-16/h4-5,7-11,13,24H,1-3,6,12,14-15H2. The first kappa shape index (κ1) is 20.4. The second kappa shape index (κ2) is 8.49. The Morgan fingerprint density at radius 2 is 1.83 bits per heavy atom. The molecule has 0 saturated heterocycles. The number of fused-ring (bicyclic) bond motifs is 1. The number of hydrogen-bond donors (Lipinski definition) is 1. The van der Waals surface area contributed by atoms with E-state index in [9.17, 15) is 18.0 Å². The molecule has 0 atom stereocenters. The molecule has 2 aliphatic rings. The first-order valence-corrected chi connectivity index (χ1v) is 11.5. The number of amides is 2. The predicted octanol–water partition coefficient (Wildman–Crippen LogP) is 3.05. The molecule has 0 saturated carbocycles. The number of nitrogens with zero attached hydrogens (tertiary/aromatic N) is 2. The molecule has 156 valence electrons. The molecule has 4 rings (SSSR count). The molecule has 0 spiro atoms. The summed E-state index contributed by atoms with van der Waals surface area (Å²) in [5, 5.41) is 0. The van der Waals surface area contributed by atoms with Gasteiger partial charge < -0.3 is 0 Å². The van der Waals surface area contributed by atoms with Crippen molar-refractivity contribution in [2.75, 3.05) is 6.54 Å². The van der Waals surface area contributed by atoms with Crippen molar-refractivity contribution in [2.45, 2.75) is 43.5 Å². The van der Waals surface area contributed by atoms with Gasteiger partial charge in [0.2, 0.25) is 10.0 Å². The number of imide groups is 1. The smallest absolute Gasteiger partial charge is 0.268 e. The van der Waals surface area contributed by atoms with E-state index in [2.05, 4.69) is 15.8 Å². The SMILES string of the molecule is O=C1c2cccnc2C(=O)N1Cc1ccc(S(=O)(=O)NCCC2=CCCCC2)cc1. The maximum atomic E-state index is 12.5. The second-order valence-corrected chi connectivity index (χ2v) is 9.26. The van der Waals surface area contributed by atoms with Crippen molar-refractivity contribution in [3.05, 3.63) is 71.1 Å². The lowest BCUT2D eigenvalue weighted by Gasteiger charge is -2.14. The van der Waals surface area contributed by atoms with Crippen LogP contribution >= 0.6 is 0 Å². The first-order valence-electron chi connectivity index (χ1n) is 10.0. The van der Waals surface area contributed by atoms with Gasteiger partial charge in [0.25, 0.3) is 11.8 Å². The Hall–Kier alpha value is -2.84. The third-order valence-electron chi connectivity index (χ3n) is 5.43. The minimum absolute atomic E-state index is 0.0654. The van der Waals surface area contributed by atoms with Gasteiger partial charge in [-0.1, -0.05) is 23.8 Å². The minimum atomic E-state index is -3.61. The van der Waals surface area contributed by atoms with Gasteiger partial charge in [0.15, 0.2) is 0 Å². The van der Waals surface area contributed by atoms with Crippen LogP contribution in [-0.2, 0) is 16.6 Å². The molecule has 8 heteroatoms. The van der Waals surface area contributed by atoms with Crippen molar-refractivity contribution < 1.29 is 18.0 Å². The zero-order chi connectivity index (χ0) is 21.1. The number of benzene rings is 1. The Balaban J connectivity index is 1.38. The number of allylic oxidation sites excluding steroid dienone is 1. The summed E-state index contributed by atoms with van der Waals surface area (Å²) in [4.78, 5) is 30.1. The summed E-state index contributed by atoms with van der Waals surface area (Å²) < 4.78 is 27.7. The molecule has 7 nitrogen and oxygen atoms in total. The van der Waals surface area contributed by atoms with Crippen LogP contribution in [0, 0.1) is 0 Å². The second-order valence-electron chi connectivity index (χ2n) is 7.50. The predicted molar refractivity (Wildman–Crippen MR) is 111 cm³/mol. The highest BCUT2D eigenvalue weighted by molar-refractivity contribution is 7.89. The van der Waals surface area contributed by atoms with E-state index in [0.29, 0.717) is 17.7 Å². The summed E-state index contributed by atoms with van der Waals surface area (Å²) in [6.07, 6.45) is 8.91. The van der Waals surface area contributed by atoms with Crippen molar-refractivity contribution in [3.63, 3.8) is 0 Å². The van der Waals surface area contributed by atoms with E-state index in [1.54, 1.807) is 24.3 Å². The topological polar surface area (TPSA) is 96.4 Å². The number of aromatic nitrogens is 1. The highest BCUT2D eigenvalue weighted by Crippen LogP contribution is 2.23. The van der Waals surface area contributed by atoms with Gasteiger partial charge >= 0.3 is 0 Å². The van der Waals surface area contributed by atoms with E-state index < -0.39 is 21.8 Å². The fourth-order valence-electron chi connectivity index (χ4n) is 3.77. The summed E-state index contributed by atoms with van der Waals surface area (Å²) in [6, 6.07) is 9.42. The minimum Gasteiger partial charge on any atom is -0.268 e. The lowest BCUT2D eigenvalue weighted by atomic mass is 9.97. The molecule has 30 heavy (non-hydrogen) atoms. The normalized spacial score (nSPS) is 16.5. The Labute approximate surface area is 175 Å². The average Bonchev–Trinajstić information content (AvgIpc) is 3.00. The lowest BCUT2D eigenvalue weighted by molar-refractivity contribution is 0.0640. The molecule has 2 aromatic rings. The number of sulfonamides is 1. The molecule has 1 aromatic carbocycles. The van der Waals surface area contributed by atoms with Crippen molar-refractivity contribution in [3.8, 4) is 0 Å². The van der Waals surface area contributed by atoms with Gasteiger partial charge in [-0.25, -0.2) is 13.1 Å². The number of rotatable bonds is 7. The van der Waals surface area contributed by atoms with Crippen LogP contribution in [0.15, 0.2) is 59.1 Å². The molecular weight excluding hydrogens is 402 g/mol. The lowest BCUT2D eigenvalue weighted by Crippen LogP contribution is -2.29. The number of carbonyl (C=O) groups is 2. The van der Waals surface area contributed by atoms with Crippen LogP contribution in [-0.4, -0.2) is 36.7 Å². The molecular formula is C22H23N3O4S. The van der Waals surface area contributed by atoms with Crippen molar-refractivity contribution in [1.82, 2.24) is 14.6 Å². The summed E-state index contributed by atoms with van der Waals surface area (Å²) in [6.45, 7) is 0.438. The van der Waals surface area contributed by atoms with Crippen LogP contribution in [0.2, 0.25) is 0 Å². The fourth-order valence-corrected chi connectivity index (χ4v) is 4.81. The van der Waals surface area contributed by atoms with Gasteiger partial charge in [-0.3, -0.25) is 19.5 Å². The van der Waals surface area contributed by atoms with E-state index in [4.69, 9.17) is 0 Å². The third kappa shape index (κ3) is 4.20. The molecule has 0 radical (unpaired) electrons. The zero-order valence-corrected chi connectivity index (χ0v) is 17.3. The van der Waals surface area contributed by atoms with Gasteiger partial charge in [0, 0.05) is 12.7 Å². The summed E-state index contributed by atoms with van der Waals surface area (Å²) in [5.74, 6) is -0.829. The van der Waals surface area contributed by atoms with Gasteiger partial charge in [0.05, 0.1) is 17.0 Å². The average molecular weight is 426 g/mol. The summed E-state index contributed by atoms with van der Waals surface area (Å²) >= 11 is 0. The van der Waals surface area contributed by atoms with E-state index in [1.807, 2.05) is 0 Å². The number of nitrogens with one attached hydrogen (secondary N) is 1. The summed E-state index contributed by atoms with van der Waals surface area (Å²) in [7, 11) is -3.61. The molecule has 1 aliphatic carbocycles. The fraction of sp³-hybridized carbons (Fsp3) is 0.318. The van der Waals surface area contributed by atoms with Gasteiger partial charge in [-0.05, 0) is 61.9 Å².